The summed E-state index contributed by atoms with van der Waals surface area (Å²) in [5, 5.41) is 11.2. The molecule has 9 nitrogen and oxygen atoms in total. The van der Waals surface area contributed by atoms with Gasteiger partial charge in [0, 0.05) is 49.8 Å². The van der Waals surface area contributed by atoms with Crippen LogP contribution in [0.5, 0.6) is 0 Å². The number of rotatable bonds is 12. The fourth-order valence-electron chi connectivity index (χ4n) is 5.31. The fraction of sp³-hybridized carbons (Fsp3) is 0.100. The molecule has 0 radical (unpaired) electrons. The normalized spacial score (nSPS) is 11.8. The minimum atomic E-state index is -0.559. The first kappa shape index (κ1) is 34.9. The molecule has 51 heavy (non-hydrogen) atoms. The second kappa shape index (κ2) is 16.2. The first-order chi connectivity index (χ1) is 24.8. The number of para-hydroxylation sites is 1. The zero-order valence-corrected chi connectivity index (χ0v) is 29.4. The number of hydrogen-bond donors (Lipinski definition) is 4. The molecular formula is C40H34N4O5S2. The number of carbonyl (C=O) groups is 4. The van der Waals surface area contributed by atoms with Crippen LogP contribution in [0, 0.1) is 0 Å². The number of H-pyrrole nitrogens is 1. The molecule has 0 spiro atoms. The molecule has 0 aliphatic rings. The summed E-state index contributed by atoms with van der Waals surface area (Å²) in [6, 6.07) is 32.9. The number of thioether (sulfide) groups is 1. The number of hydrogen-bond acceptors (Lipinski definition) is 7. The van der Waals surface area contributed by atoms with Crippen LogP contribution in [-0.4, -0.2) is 40.5 Å². The topological polar surface area (TPSA) is 129 Å². The molecule has 0 saturated carbocycles. The van der Waals surface area contributed by atoms with Crippen molar-refractivity contribution in [3.8, 4) is 11.1 Å². The Balaban J connectivity index is 1.18. The Bertz CT molecular complexity index is 2230. The number of thiophene rings is 1. The van der Waals surface area contributed by atoms with Crippen molar-refractivity contribution in [1.29, 1.82) is 0 Å². The van der Waals surface area contributed by atoms with Gasteiger partial charge in [0.05, 0.1) is 11.9 Å². The maximum atomic E-state index is 13.7. The van der Waals surface area contributed by atoms with Crippen LogP contribution in [0.3, 0.4) is 0 Å². The predicted octanol–water partition coefficient (Wildman–Crippen LogP) is 8.60. The van der Waals surface area contributed by atoms with Crippen LogP contribution in [-0.2, 0) is 14.3 Å². The summed E-state index contributed by atoms with van der Waals surface area (Å²) in [4.78, 5) is 57.2. The molecule has 0 fully saturated rings. The molecule has 2 aromatic heterocycles. The van der Waals surface area contributed by atoms with Gasteiger partial charge in [-0.3, -0.25) is 14.4 Å². The van der Waals surface area contributed by atoms with Gasteiger partial charge in [0.2, 0.25) is 5.91 Å². The second-order valence-electron chi connectivity index (χ2n) is 11.3. The van der Waals surface area contributed by atoms with E-state index in [0.29, 0.717) is 27.4 Å². The van der Waals surface area contributed by atoms with Crippen LogP contribution in [0.25, 0.3) is 28.1 Å². The molecular weight excluding hydrogens is 681 g/mol. The van der Waals surface area contributed by atoms with Gasteiger partial charge >= 0.3 is 5.97 Å². The highest BCUT2D eigenvalue weighted by Crippen LogP contribution is 2.37. The Hall–Kier alpha value is -5.91. The van der Waals surface area contributed by atoms with Crippen molar-refractivity contribution in [3.05, 3.63) is 143 Å². The number of fused-ring (bicyclic) bond motifs is 1. The molecule has 256 valence electrons. The molecule has 0 aliphatic carbocycles. The maximum absolute atomic E-state index is 13.7. The van der Waals surface area contributed by atoms with Gasteiger partial charge in [-0.05, 0) is 61.9 Å². The van der Waals surface area contributed by atoms with Crippen LogP contribution in [0.2, 0.25) is 0 Å². The number of amides is 3. The molecule has 4 N–H and O–H groups in total. The number of anilines is 2. The lowest BCUT2D eigenvalue weighted by atomic mass is 10.0. The first-order valence-corrected chi connectivity index (χ1v) is 17.9. The SMILES string of the molecule is CCOC(=O)c1c(-c2ccccc2)csc1NC(=O)C(C)Sc1cccc(NC(=O)/C(=C/c2c[nH]c3ccccc23)NC(=O)c2ccccc2)c1. The Morgan fingerprint density at radius 3 is 2.37 bits per heavy atom. The average Bonchev–Trinajstić information content (AvgIpc) is 3.76. The van der Waals surface area contributed by atoms with Gasteiger partial charge < -0.3 is 25.7 Å². The van der Waals surface area contributed by atoms with Crippen LogP contribution in [0.15, 0.2) is 131 Å². The summed E-state index contributed by atoms with van der Waals surface area (Å²) in [6.45, 7) is 3.71. The lowest BCUT2D eigenvalue weighted by Gasteiger charge is -2.14. The molecule has 0 bridgehead atoms. The Morgan fingerprint density at radius 1 is 0.882 bits per heavy atom. The summed E-state index contributed by atoms with van der Waals surface area (Å²) in [5.41, 5.74) is 4.44. The minimum Gasteiger partial charge on any atom is -0.462 e. The van der Waals surface area contributed by atoms with Crippen molar-refractivity contribution in [2.24, 2.45) is 0 Å². The Labute approximate surface area is 303 Å². The number of carbonyl (C=O) groups excluding carboxylic acids is 4. The largest absolute Gasteiger partial charge is 0.462 e. The highest BCUT2D eigenvalue weighted by atomic mass is 32.2. The van der Waals surface area contributed by atoms with Crippen molar-refractivity contribution in [1.82, 2.24) is 10.3 Å². The van der Waals surface area contributed by atoms with E-state index in [1.54, 1.807) is 68.6 Å². The maximum Gasteiger partial charge on any atom is 0.341 e. The lowest BCUT2D eigenvalue weighted by molar-refractivity contribution is -0.115. The summed E-state index contributed by atoms with van der Waals surface area (Å²) >= 11 is 2.56. The molecule has 1 unspecified atom stereocenters. The van der Waals surface area contributed by atoms with E-state index in [9.17, 15) is 19.2 Å². The third-order valence-electron chi connectivity index (χ3n) is 7.82. The standard InChI is InChI=1S/C40H34N4O5S2/c1-3-49-40(48)35-32(26-13-6-4-7-14-26)24-50-39(35)44-36(45)25(2)51-30-18-12-17-29(22-30)42-38(47)34(43-37(46)27-15-8-5-9-16-27)21-28-23-41-33-20-11-10-19-31(28)33/h4-25,41H,3H2,1-2H3,(H,42,47)(H,43,46)(H,44,45)/b34-21-. The smallest absolute Gasteiger partial charge is 0.341 e. The monoisotopic (exact) mass is 714 g/mol. The third-order valence-corrected chi connectivity index (χ3v) is 9.81. The first-order valence-electron chi connectivity index (χ1n) is 16.2. The quantitative estimate of drug-likeness (QED) is 0.0571. The van der Waals surface area contributed by atoms with E-state index in [1.807, 2.05) is 72.1 Å². The number of aromatic amines is 1. The number of aromatic nitrogens is 1. The van der Waals surface area contributed by atoms with E-state index in [0.717, 1.165) is 26.9 Å². The molecule has 2 heterocycles. The number of esters is 1. The van der Waals surface area contributed by atoms with Crippen molar-refractivity contribution in [2.75, 3.05) is 17.2 Å². The molecule has 0 aliphatic heterocycles. The van der Waals surface area contributed by atoms with Crippen LogP contribution in [0.4, 0.5) is 10.7 Å². The van der Waals surface area contributed by atoms with Crippen molar-refractivity contribution < 1.29 is 23.9 Å². The summed E-state index contributed by atoms with van der Waals surface area (Å²) in [6.07, 6.45) is 3.42. The highest BCUT2D eigenvalue weighted by Gasteiger charge is 2.25. The van der Waals surface area contributed by atoms with E-state index in [4.69, 9.17) is 4.74 Å². The zero-order valence-electron chi connectivity index (χ0n) is 27.8. The van der Waals surface area contributed by atoms with Crippen LogP contribution >= 0.6 is 23.1 Å². The predicted molar refractivity (Wildman–Crippen MR) is 205 cm³/mol. The number of ether oxygens (including phenoxy) is 1. The Morgan fingerprint density at radius 2 is 1.61 bits per heavy atom. The van der Waals surface area contributed by atoms with Gasteiger partial charge in [0.1, 0.15) is 16.3 Å². The Kier molecular flexibility index (Phi) is 11.1. The summed E-state index contributed by atoms with van der Waals surface area (Å²) < 4.78 is 5.33. The molecule has 4 aromatic carbocycles. The lowest BCUT2D eigenvalue weighted by Crippen LogP contribution is -2.30. The molecule has 1 atom stereocenters. The van der Waals surface area contributed by atoms with E-state index < -0.39 is 23.0 Å². The fourth-order valence-corrected chi connectivity index (χ4v) is 7.20. The van der Waals surface area contributed by atoms with E-state index in [1.165, 1.54) is 23.1 Å². The average molecular weight is 715 g/mol. The summed E-state index contributed by atoms with van der Waals surface area (Å²) in [5.74, 6) is -1.74. The van der Waals surface area contributed by atoms with E-state index >= 15 is 0 Å². The van der Waals surface area contributed by atoms with Crippen LogP contribution < -0.4 is 16.0 Å². The molecule has 6 rings (SSSR count). The van der Waals surface area contributed by atoms with Crippen molar-refractivity contribution in [2.45, 2.75) is 24.0 Å². The van der Waals surface area contributed by atoms with Crippen molar-refractivity contribution >= 4 is 74.5 Å². The van der Waals surface area contributed by atoms with Crippen LogP contribution in [0.1, 0.15) is 40.1 Å². The van der Waals surface area contributed by atoms with Gasteiger partial charge in [-0.15, -0.1) is 23.1 Å². The molecule has 0 saturated heterocycles. The van der Waals surface area contributed by atoms with Gasteiger partial charge in [0.25, 0.3) is 11.8 Å². The molecule has 3 amide bonds. The molecule has 6 aromatic rings. The van der Waals surface area contributed by atoms with Gasteiger partial charge in [-0.25, -0.2) is 4.79 Å². The zero-order chi connectivity index (χ0) is 35.7. The van der Waals surface area contributed by atoms with E-state index in [-0.39, 0.29) is 18.2 Å². The highest BCUT2D eigenvalue weighted by molar-refractivity contribution is 8.00. The third kappa shape index (κ3) is 8.46. The summed E-state index contributed by atoms with van der Waals surface area (Å²) in [7, 11) is 0. The number of nitrogens with one attached hydrogen (secondary N) is 4. The van der Waals surface area contributed by atoms with Gasteiger partial charge in [-0.2, -0.15) is 0 Å². The van der Waals surface area contributed by atoms with Gasteiger partial charge in [-0.1, -0.05) is 72.8 Å². The van der Waals surface area contributed by atoms with Gasteiger partial charge in [0.15, 0.2) is 0 Å². The van der Waals surface area contributed by atoms with E-state index in [2.05, 4.69) is 20.9 Å². The second-order valence-corrected chi connectivity index (χ2v) is 13.6. The minimum absolute atomic E-state index is 0.0580. The number of benzene rings is 4. The van der Waals surface area contributed by atoms with Crippen molar-refractivity contribution in [3.63, 3.8) is 0 Å². The molecule has 11 heteroatoms.